The van der Waals surface area contributed by atoms with Gasteiger partial charge < -0.3 is 15.3 Å². The molecule has 2 N–H and O–H groups in total. The maximum atomic E-state index is 13.9. The molecule has 0 saturated carbocycles. The smallest absolute Gasteiger partial charge is 0.251 e. The van der Waals surface area contributed by atoms with E-state index in [1.807, 2.05) is 6.92 Å². The number of anilines is 1. The minimum Gasteiger partial charge on any atom is -0.393 e. The van der Waals surface area contributed by atoms with E-state index in [-0.39, 0.29) is 23.9 Å². The summed E-state index contributed by atoms with van der Waals surface area (Å²) in [5.41, 5.74) is 2.07. The lowest BCUT2D eigenvalue weighted by Gasteiger charge is -2.34. The molecule has 3 rings (SSSR count). The lowest BCUT2D eigenvalue weighted by Crippen LogP contribution is -2.37. The summed E-state index contributed by atoms with van der Waals surface area (Å²) < 4.78 is 13.9. The second-order valence-corrected chi connectivity index (χ2v) is 7.06. The first kappa shape index (κ1) is 18.7. The molecule has 1 aliphatic rings. The van der Waals surface area contributed by atoms with Crippen molar-refractivity contribution in [1.29, 1.82) is 0 Å². The number of carbonyl (C=O) groups excluding carboxylic acids is 1. The second-order valence-electron chi connectivity index (χ2n) is 6.63. The molecule has 1 aliphatic heterocycles. The molecule has 1 unspecified atom stereocenters. The van der Waals surface area contributed by atoms with Crippen molar-refractivity contribution in [2.45, 2.75) is 31.9 Å². The Morgan fingerprint density at radius 3 is 2.69 bits per heavy atom. The summed E-state index contributed by atoms with van der Waals surface area (Å²) in [6, 6.07) is 11.0. The first-order valence-corrected chi connectivity index (χ1v) is 9.10. The van der Waals surface area contributed by atoms with E-state index in [1.54, 1.807) is 30.3 Å². The Bertz CT molecular complexity index is 791. The van der Waals surface area contributed by atoms with E-state index >= 15 is 0 Å². The van der Waals surface area contributed by atoms with Gasteiger partial charge in [0.1, 0.15) is 5.82 Å². The van der Waals surface area contributed by atoms with Crippen LogP contribution in [-0.2, 0) is 0 Å². The largest absolute Gasteiger partial charge is 0.393 e. The highest BCUT2D eigenvalue weighted by Gasteiger charge is 2.22. The van der Waals surface area contributed by atoms with Crippen molar-refractivity contribution < 1.29 is 14.3 Å². The minimum absolute atomic E-state index is 0.260. The van der Waals surface area contributed by atoms with Crippen molar-refractivity contribution in [1.82, 2.24) is 5.32 Å². The molecular formula is C20H22ClFN2O2. The summed E-state index contributed by atoms with van der Waals surface area (Å²) in [7, 11) is 0. The number of nitrogens with zero attached hydrogens (tertiary/aromatic N) is 1. The number of halogens is 2. The molecule has 0 spiro atoms. The van der Waals surface area contributed by atoms with Crippen LogP contribution >= 0.6 is 11.6 Å². The Balaban J connectivity index is 1.81. The predicted molar refractivity (Wildman–Crippen MR) is 101 cm³/mol. The van der Waals surface area contributed by atoms with Crippen molar-refractivity contribution in [2.75, 3.05) is 18.0 Å². The maximum Gasteiger partial charge on any atom is 0.251 e. The number of aliphatic hydroxyl groups is 1. The van der Waals surface area contributed by atoms with Gasteiger partial charge in [-0.05, 0) is 56.2 Å². The average Bonchev–Trinajstić information content (AvgIpc) is 2.62. The molecular weight excluding hydrogens is 355 g/mol. The number of hydrogen-bond donors (Lipinski definition) is 2. The van der Waals surface area contributed by atoms with Gasteiger partial charge in [-0.25, -0.2) is 4.39 Å². The van der Waals surface area contributed by atoms with Crippen molar-refractivity contribution in [3.8, 4) is 0 Å². The van der Waals surface area contributed by atoms with E-state index in [2.05, 4.69) is 10.2 Å². The third kappa shape index (κ3) is 4.34. The quantitative estimate of drug-likeness (QED) is 0.850. The SMILES string of the molecule is CC(NC(=O)c1cccc(Cl)c1)c1cc(F)ccc1N1CCC(O)CC1. The molecule has 1 heterocycles. The fraction of sp³-hybridized carbons (Fsp3) is 0.350. The van der Waals surface area contributed by atoms with E-state index in [4.69, 9.17) is 11.6 Å². The minimum atomic E-state index is -0.376. The maximum absolute atomic E-state index is 13.9. The average molecular weight is 377 g/mol. The molecule has 138 valence electrons. The Kier molecular flexibility index (Phi) is 5.79. The number of hydrogen-bond acceptors (Lipinski definition) is 3. The fourth-order valence-corrected chi connectivity index (χ4v) is 3.44. The Hall–Kier alpha value is -2.11. The summed E-state index contributed by atoms with van der Waals surface area (Å²) in [5.74, 6) is -0.603. The van der Waals surface area contributed by atoms with Gasteiger partial charge in [-0.1, -0.05) is 17.7 Å². The Morgan fingerprint density at radius 2 is 2.00 bits per heavy atom. The van der Waals surface area contributed by atoms with Gasteiger partial charge in [0.15, 0.2) is 0 Å². The van der Waals surface area contributed by atoms with E-state index in [1.165, 1.54) is 12.1 Å². The van der Waals surface area contributed by atoms with Gasteiger partial charge in [0, 0.05) is 34.9 Å². The van der Waals surface area contributed by atoms with E-state index in [0.717, 1.165) is 11.3 Å². The first-order chi connectivity index (χ1) is 12.4. The molecule has 1 amide bonds. The van der Waals surface area contributed by atoms with Gasteiger partial charge in [-0.2, -0.15) is 0 Å². The fourth-order valence-electron chi connectivity index (χ4n) is 3.25. The van der Waals surface area contributed by atoms with Gasteiger partial charge >= 0.3 is 0 Å². The molecule has 0 radical (unpaired) electrons. The van der Waals surface area contributed by atoms with Crippen molar-refractivity contribution >= 4 is 23.2 Å². The van der Waals surface area contributed by atoms with Crippen LogP contribution in [-0.4, -0.2) is 30.2 Å². The number of nitrogens with one attached hydrogen (secondary N) is 1. The van der Waals surface area contributed by atoms with Crippen LogP contribution in [0.15, 0.2) is 42.5 Å². The molecule has 26 heavy (non-hydrogen) atoms. The zero-order chi connectivity index (χ0) is 18.7. The predicted octanol–water partition coefficient (Wildman–Crippen LogP) is 3.93. The third-order valence-electron chi connectivity index (χ3n) is 4.70. The number of carbonyl (C=O) groups is 1. The summed E-state index contributed by atoms with van der Waals surface area (Å²) >= 11 is 5.95. The standard InChI is InChI=1S/C20H22ClFN2O2/c1-13(23-20(26)14-3-2-4-15(21)11-14)18-12-16(22)5-6-19(18)24-9-7-17(25)8-10-24/h2-6,11-13,17,25H,7-10H2,1H3,(H,23,26). The molecule has 1 atom stereocenters. The van der Waals surface area contributed by atoms with Gasteiger partial charge in [0.25, 0.3) is 5.91 Å². The topological polar surface area (TPSA) is 52.6 Å². The normalized spacial score (nSPS) is 16.4. The highest BCUT2D eigenvalue weighted by Crippen LogP contribution is 2.30. The van der Waals surface area contributed by atoms with E-state index in [9.17, 15) is 14.3 Å². The molecule has 0 bridgehead atoms. The van der Waals surface area contributed by atoms with Crippen LogP contribution in [0, 0.1) is 5.82 Å². The zero-order valence-corrected chi connectivity index (χ0v) is 15.3. The van der Waals surface area contributed by atoms with Crippen molar-refractivity contribution in [3.05, 3.63) is 64.4 Å². The van der Waals surface area contributed by atoms with Gasteiger partial charge in [-0.3, -0.25) is 4.79 Å². The number of benzene rings is 2. The van der Waals surface area contributed by atoms with Crippen molar-refractivity contribution in [2.24, 2.45) is 0 Å². The summed E-state index contributed by atoms with van der Waals surface area (Å²) in [4.78, 5) is 14.6. The monoisotopic (exact) mass is 376 g/mol. The lowest BCUT2D eigenvalue weighted by atomic mass is 10.0. The molecule has 1 fully saturated rings. The van der Waals surface area contributed by atoms with Crippen LogP contribution < -0.4 is 10.2 Å². The highest BCUT2D eigenvalue weighted by molar-refractivity contribution is 6.30. The van der Waals surface area contributed by atoms with E-state index in [0.29, 0.717) is 36.5 Å². The number of aliphatic hydroxyl groups excluding tert-OH is 1. The van der Waals surface area contributed by atoms with Crippen LogP contribution in [0.1, 0.15) is 41.7 Å². The third-order valence-corrected chi connectivity index (χ3v) is 4.93. The summed E-state index contributed by atoms with van der Waals surface area (Å²) in [6.45, 7) is 3.24. The Labute approximate surface area is 157 Å². The van der Waals surface area contributed by atoms with Gasteiger partial charge in [0.05, 0.1) is 12.1 Å². The molecule has 4 nitrogen and oxygen atoms in total. The highest BCUT2D eigenvalue weighted by atomic mass is 35.5. The molecule has 0 aliphatic carbocycles. The van der Waals surface area contributed by atoms with Crippen LogP contribution in [0.3, 0.4) is 0 Å². The number of piperidine rings is 1. The Morgan fingerprint density at radius 1 is 1.27 bits per heavy atom. The number of amides is 1. The van der Waals surface area contributed by atoms with Gasteiger partial charge in [0.2, 0.25) is 0 Å². The molecule has 1 saturated heterocycles. The first-order valence-electron chi connectivity index (χ1n) is 8.73. The van der Waals surface area contributed by atoms with Crippen molar-refractivity contribution in [3.63, 3.8) is 0 Å². The molecule has 6 heteroatoms. The summed E-state index contributed by atoms with van der Waals surface area (Å²) in [5, 5.41) is 13.1. The zero-order valence-electron chi connectivity index (χ0n) is 14.6. The van der Waals surface area contributed by atoms with Crippen LogP contribution in [0.2, 0.25) is 5.02 Å². The van der Waals surface area contributed by atoms with Crippen LogP contribution in [0.4, 0.5) is 10.1 Å². The van der Waals surface area contributed by atoms with Crippen LogP contribution in [0.25, 0.3) is 0 Å². The summed E-state index contributed by atoms with van der Waals surface area (Å²) in [6.07, 6.45) is 1.08. The molecule has 2 aromatic rings. The molecule has 0 aromatic heterocycles. The lowest BCUT2D eigenvalue weighted by molar-refractivity contribution is 0.0940. The van der Waals surface area contributed by atoms with Gasteiger partial charge in [-0.15, -0.1) is 0 Å². The number of rotatable bonds is 4. The van der Waals surface area contributed by atoms with Crippen LogP contribution in [0.5, 0.6) is 0 Å². The molecule has 2 aromatic carbocycles. The second kappa shape index (κ2) is 8.06. The van der Waals surface area contributed by atoms with E-state index < -0.39 is 0 Å².